The number of pyridine rings is 1. The van der Waals surface area contributed by atoms with Gasteiger partial charge in [0.25, 0.3) is 5.91 Å². The highest BCUT2D eigenvalue weighted by Gasteiger charge is 2.38. The third kappa shape index (κ3) is 5.68. The molecule has 0 bridgehead atoms. The van der Waals surface area contributed by atoms with Crippen LogP contribution in [-0.2, 0) is 17.8 Å². The number of likely N-dealkylation sites (N-methyl/N-ethyl adjacent to an activating group) is 1. The number of nitrogens with zero attached hydrogens (tertiary/aromatic N) is 6. The van der Waals surface area contributed by atoms with Crippen LogP contribution in [0.15, 0.2) is 42.7 Å². The molecular formula is C34H37ClF2N6O2. The summed E-state index contributed by atoms with van der Waals surface area (Å²) in [6.45, 7) is 10.2. The number of amides is 1. The van der Waals surface area contributed by atoms with Crippen LogP contribution in [-0.4, -0.2) is 78.7 Å². The van der Waals surface area contributed by atoms with Gasteiger partial charge in [0.1, 0.15) is 24.1 Å². The lowest BCUT2D eigenvalue weighted by atomic mass is 9.96. The van der Waals surface area contributed by atoms with Gasteiger partial charge in [-0.25, -0.2) is 13.8 Å². The fourth-order valence-corrected chi connectivity index (χ4v) is 7.53. The second kappa shape index (κ2) is 12.5. The number of piperazine rings is 1. The van der Waals surface area contributed by atoms with Crippen molar-refractivity contribution < 1.29 is 18.3 Å². The standard InChI is InChI=1S/C34H37ClF2N6O2/c1-20-16-42(17-21(2)43(20)34(44)22(3)36)32-25-12-14-41(29-9-5-7-23-10-11-27(37)31(35)30(23)29)18-28(25)39-33(26(32)15-38)45-19-24-8-6-13-40(24)4/h5,7,9-11,20-21,24H,3,6,8,12-14,16-19H2,1-2,4H3/t20-,21+,24-/m0/s1. The van der Waals surface area contributed by atoms with Crippen LogP contribution in [0.4, 0.5) is 20.2 Å². The predicted molar refractivity (Wildman–Crippen MR) is 172 cm³/mol. The molecule has 0 saturated carbocycles. The number of ether oxygens (including phenoxy) is 1. The number of hydrogen-bond acceptors (Lipinski definition) is 7. The van der Waals surface area contributed by atoms with Crippen LogP contribution < -0.4 is 14.5 Å². The van der Waals surface area contributed by atoms with Crippen molar-refractivity contribution in [1.82, 2.24) is 14.8 Å². The van der Waals surface area contributed by atoms with E-state index in [1.165, 1.54) is 11.0 Å². The first-order valence-corrected chi connectivity index (χ1v) is 15.8. The van der Waals surface area contributed by atoms with Gasteiger partial charge in [-0.05, 0) is 64.2 Å². The van der Waals surface area contributed by atoms with Gasteiger partial charge in [-0.1, -0.05) is 36.4 Å². The Kier molecular flexibility index (Phi) is 8.59. The zero-order valence-corrected chi connectivity index (χ0v) is 26.6. The van der Waals surface area contributed by atoms with E-state index in [1.807, 2.05) is 32.0 Å². The number of likely N-dealkylation sites (tertiary alicyclic amines) is 1. The van der Waals surface area contributed by atoms with Gasteiger partial charge in [-0.2, -0.15) is 5.26 Å². The van der Waals surface area contributed by atoms with Crippen LogP contribution in [0.2, 0.25) is 5.02 Å². The minimum atomic E-state index is -0.984. The van der Waals surface area contributed by atoms with Crippen molar-refractivity contribution in [3.05, 3.63) is 70.4 Å². The lowest BCUT2D eigenvalue weighted by Crippen LogP contribution is -2.59. The number of halogens is 3. The van der Waals surface area contributed by atoms with Crippen LogP contribution in [0.3, 0.4) is 0 Å². The van der Waals surface area contributed by atoms with Crippen molar-refractivity contribution >= 4 is 39.7 Å². The molecule has 3 aliphatic rings. The highest BCUT2D eigenvalue weighted by Crippen LogP contribution is 2.41. The first kappa shape index (κ1) is 31.1. The first-order chi connectivity index (χ1) is 21.6. The Hall–Kier alpha value is -3.94. The van der Waals surface area contributed by atoms with Crippen LogP contribution in [0.5, 0.6) is 5.88 Å². The third-order valence-electron chi connectivity index (χ3n) is 9.44. The van der Waals surface area contributed by atoms with Gasteiger partial charge in [0, 0.05) is 54.4 Å². The zero-order chi connectivity index (χ0) is 32.0. The molecule has 3 atom stereocenters. The number of fused-ring (bicyclic) bond motifs is 2. The summed E-state index contributed by atoms with van der Waals surface area (Å²) < 4.78 is 34.8. The van der Waals surface area contributed by atoms with Crippen molar-refractivity contribution in [2.45, 2.75) is 57.8 Å². The molecule has 0 spiro atoms. The minimum Gasteiger partial charge on any atom is -0.475 e. The molecule has 45 heavy (non-hydrogen) atoms. The molecule has 8 nitrogen and oxygen atoms in total. The van der Waals surface area contributed by atoms with E-state index in [0.717, 1.165) is 47.4 Å². The Morgan fingerprint density at radius 1 is 1.18 bits per heavy atom. The molecule has 3 aromatic rings. The van der Waals surface area contributed by atoms with E-state index in [9.17, 15) is 18.8 Å². The lowest BCUT2D eigenvalue weighted by molar-refractivity contribution is -0.133. The molecule has 0 unspecified atom stereocenters. The summed E-state index contributed by atoms with van der Waals surface area (Å²) in [5.41, 5.74) is 3.65. The van der Waals surface area contributed by atoms with Crippen molar-refractivity contribution in [3.8, 4) is 11.9 Å². The summed E-state index contributed by atoms with van der Waals surface area (Å²) in [5.74, 6) is -1.89. The van der Waals surface area contributed by atoms with Crippen molar-refractivity contribution in [3.63, 3.8) is 0 Å². The molecule has 3 aliphatic heterocycles. The molecule has 11 heteroatoms. The van der Waals surface area contributed by atoms with E-state index < -0.39 is 17.6 Å². The number of hydrogen-bond donors (Lipinski definition) is 0. The summed E-state index contributed by atoms with van der Waals surface area (Å²) in [6, 6.07) is 10.9. The molecule has 6 rings (SSSR count). The normalized spacial score (nSPS) is 22.0. The molecule has 236 valence electrons. The Morgan fingerprint density at radius 3 is 2.60 bits per heavy atom. The number of rotatable bonds is 6. The molecule has 2 saturated heterocycles. The van der Waals surface area contributed by atoms with Crippen LogP contribution in [0, 0.1) is 17.1 Å². The van der Waals surface area contributed by atoms with Crippen molar-refractivity contribution in [2.75, 3.05) is 49.6 Å². The largest absolute Gasteiger partial charge is 0.475 e. The predicted octanol–water partition coefficient (Wildman–Crippen LogP) is 5.84. The Balaban J connectivity index is 1.41. The zero-order valence-electron chi connectivity index (χ0n) is 25.8. The van der Waals surface area contributed by atoms with Crippen LogP contribution in [0.25, 0.3) is 10.8 Å². The monoisotopic (exact) mass is 634 g/mol. The van der Waals surface area contributed by atoms with E-state index in [2.05, 4.69) is 34.4 Å². The van der Waals surface area contributed by atoms with Gasteiger partial charge >= 0.3 is 0 Å². The number of nitriles is 1. The molecule has 2 aromatic carbocycles. The Labute approximate surface area is 267 Å². The molecule has 0 aliphatic carbocycles. The molecule has 0 radical (unpaired) electrons. The Bertz CT molecular complexity index is 1700. The third-order valence-corrected chi connectivity index (χ3v) is 9.81. The summed E-state index contributed by atoms with van der Waals surface area (Å²) >= 11 is 6.50. The molecule has 0 N–H and O–H groups in total. The second-order valence-corrected chi connectivity index (χ2v) is 12.8. The molecular weight excluding hydrogens is 598 g/mol. The quantitative estimate of drug-likeness (QED) is 0.315. The maximum atomic E-state index is 14.6. The van der Waals surface area contributed by atoms with E-state index >= 15 is 0 Å². The summed E-state index contributed by atoms with van der Waals surface area (Å²) in [6.07, 6.45) is 2.67. The summed E-state index contributed by atoms with van der Waals surface area (Å²) in [7, 11) is 2.07. The summed E-state index contributed by atoms with van der Waals surface area (Å²) in [5, 5.41) is 12.1. The minimum absolute atomic E-state index is 0.0819. The van der Waals surface area contributed by atoms with E-state index in [4.69, 9.17) is 21.3 Å². The summed E-state index contributed by atoms with van der Waals surface area (Å²) in [4.78, 5) is 25.6. The number of benzene rings is 2. The second-order valence-electron chi connectivity index (χ2n) is 12.4. The van der Waals surface area contributed by atoms with Gasteiger partial charge in [0.15, 0.2) is 5.83 Å². The molecule has 1 aromatic heterocycles. The average Bonchev–Trinajstić information content (AvgIpc) is 3.44. The average molecular weight is 635 g/mol. The highest BCUT2D eigenvalue weighted by atomic mass is 35.5. The maximum Gasteiger partial charge on any atom is 0.282 e. The van der Waals surface area contributed by atoms with Gasteiger partial charge < -0.3 is 24.3 Å². The molecule has 2 fully saturated rings. The SMILES string of the molecule is C=C(F)C(=O)N1[C@H](C)CN(c2c(C#N)c(OC[C@@H]3CCCN3C)nc3c2CCN(c2cccc4ccc(F)c(Cl)c24)C3)C[C@@H]1C. The van der Waals surface area contributed by atoms with Gasteiger partial charge in [0.05, 0.1) is 22.9 Å². The van der Waals surface area contributed by atoms with Gasteiger partial charge in [-0.3, -0.25) is 4.79 Å². The Morgan fingerprint density at radius 2 is 1.93 bits per heavy atom. The molecule has 4 heterocycles. The number of carbonyl (C=O) groups excluding carboxylic acids is 1. The van der Waals surface area contributed by atoms with Crippen molar-refractivity contribution in [2.24, 2.45) is 0 Å². The fraction of sp³-hybridized carbons (Fsp3) is 0.441. The number of carbonyl (C=O) groups is 1. The smallest absolute Gasteiger partial charge is 0.282 e. The number of aromatic nitrogens is 1. The van der Waals surface area contributed by atoms with Gasteiger partial charge in [-0.15, -0.1) is 0 Å². The van der Waals surface area contributed by atoms with Crippen molar-refractivity contribution in [1.29, 1.82) is 5.26 Å². The van der Waals surface area contributed by atoms with E-state index in [-0.39, 0.29) is 29.0 Å². The van der Waals surface area contributed by atoms with E-state index in [0.29, 0.717) is 50.2 Å². The van der Waals surface area contributed by atoms with Gasteiger partial charge in [0.2, 0.25) is 5.88 Å². The first-order valence-electron chi connectivity index (χ1n) is 15.4. The molecule has 1 amide bonds. The lowest BCUT2D eigenvalue weighted by Gasteiger charge is -2.46. The van der Waals surface area contributed by atoms with Crippen LogP contribution in [0.1, 0.15) is 43.5 Å². The fourth-order valence-electron chi connectivity index (χ4n) is 7.26. The number of anilines is 2. The maximum absolute atomic E-state index is 14.6. The highest BCUT2D eigenvalue weighted by molar-refractivity contribution is 6.36. The van der Waals surface area contributed by atoms with E-state index in [1.54, 1.807) is 6.07 Å². The topological polar surface area (TPSA) is 75.9 Å². The van der Waals surface area contributed by atoms with Crippen LogP contribution >= 0.6 is 11.6 Å².